The molecule has 2 aromatic rings. The molecule has 0 aliphatic rings. The second kappa shape index (κ2) is 3.96. The Morgan fingerprint density at radius 3 is 2.73 bits per heavy atom. The van der Waals surface area contributed by atoms with Crippen molar-refractivity contribution < 1.29 is 5.11 Å². The fourth-order valence-electron chi connectivity index (χ4n) is 1.67. The summed E-state index contributed by atoms with van der Waals surface area (Å²) >= 11 is 0. The van der Waals surface area contributed by atoms with E-state index in [1.165, 1.54) is 0 Å². The molecule has 0 fully saturated rings. The minimum atomic E-state index is -0.559. The van der Waals surface area contributed by atoms with Gasteiger partial charge < -0.3 is 10.8 Å². The number of pyridine rings is 1. The average Bonchev–Trinajstić information content (AvgIpc) is 2.27. The van der Waals surface area contributed by atoms with E-state index in [9.17, 15) is 5.11 Å². The molecule has 3 nitrogen and oxygen atoms in total. The lowest BCUT2D eigenvalue weighted by Crippen LogP contribution is -2.23. The van der Waals surface area contributed by atoms with Crippen LogP contribution in [0.5, 0.6) is 0 Å². The lowest BCUT2D eigenvalue weighted by atomic mass is 9.99. The summed E-state index contributed by atoms with van der Waals surface area (Å²) in [6.45, 7) is 1.69. The topological polar surface area (TPSA) is 59.1 Å². The van der Waals surface area contributed by atoms with Gasteiger partial charge in [0.1, 0.15) is 0 Å². The van der Waals surface area contributed by atoms with Crippen molar-refractivity contribution in [2.75, 3.05) is 0 Å². The monoisotopic (exact) mass is 202 g/mol. The third kappa shape index (κ3) is 1.84. The van der Waals surface area contributed by atoms with E-state index in [1.54, 1.807) is 13.1 Å². The second-order valence-electron chi connectivity index (χ2n) is 3.68. The predicted molar refractivity (Wildman–Crippen MR) is 60.4 cm³/mol. The lowest BCUT2D eigenvalue weighted by Gasteiger charge is -2.16. The third-order valence-corrected chi connectivity index (χ3v) is 2.56. The molecule has 2 rings (SSSR count). The molecule has 0 saturated heterocycles. The van der Waals surface area contributed by atoms with Gasteiger partial charge in [-0.25, -0.2) is 0 Å². The first-order chi connectivity index (χ1) is 7.20. The maximum absolute atomic E-state index is 9.49. The number of rotatable bonds is 2. The first kappa shape index (κ1) is 10.1. The van der Waals surface area contributed by atoms with E-state index >= 15 is 0 Å². The van der Waals surface area contributed by atoms with Crippen LogP contribution in [0, 0.1) is 0 Å². The fourth-order valence-corrected chi connectivity index (χ4v) is 1.67. The van der Waals surface area contributed by atoms with Crippen molar-refractivity contribution in [2.24, 2.45) is 5.73 Å². The first-order valence-corrected chi connectivity index (χ1v) is 4.97. The van der Waals surface area contributed by atoms with Gasteiger partial charge in [0.2, 0.25) is 0 Å². The van der Waals surface area contributed by atoms with E-state index < -0.39 is 6.10 Å². The fraction of sp³-hybridized carbons (Fsp3) is 0.250. The maximum atomic E-state index is 9.49. The summed E-state index contributed by atoms with van der Waals surface area (Å²) in [6, 6.07) is 9.29. The van der Waals surface area contributed by atoms with Crippen LogP contribution in [0.2, 0.25) is 0 Å². The molecule has 15 heavy (non-hydrogen) atoms. The third-order valence-electron chi connectivity index (χ3n) is 2.56. The Morgan fingerprint density at radius 1 is 1.27 bits per heavy atom. The Balaban J connectivity index is 2.60. The number of hydrogen-bond donors (Lipinski definition) is 2. The molecule has 0 bridgehead atoms. The van der Waals surface area contributed by atoms with Crippen LogP contribution in [0.25, 0.3) is 10.9 Å². The van der Waals surface area contributed by atoms with Crippen molar-refractivity contribution >= 4 is 10.9 Å². The van der Waals surface area contributed by atoms with Crippen LogP contribution in [0.4, 0.5) is 0 Å². The molecule has 0 saturated carbocycles. The van der Waals surface area contributed by atoms with Gasteiger partial charge in [-0.2, -0.15) is 0 Å². The van der Waals surface area contributed by atoms with E-state index in [0.29, 0.717) is 0 Å². The van der Waals surface area contributed by atoms with Crippen molar-refractivity contribution in [1.29, 1.82) is 0 Å². The zero-order valence-electron chi connectivity index (χ0n) is 8.59. The predicted octanol–water partition coefficient (Wildman–Crippen LogP) is 1.62. The van der Waals surface area contributed by atoms with Crippen LogP contribution < -0.4 is 5.73 Å². The highest BCUT2D eigenvalue weighted by Crippen LogP contribution is 2.22. The highest BCUT2D eigenvalue weighted by Gasteiger charge is 2.14. The van der Waals surface area contributed by atoms with Crippen LogP contribution >= 0.6 is 0 Å². The Kier molecular flexibility index (Phi) is 2.66. The minimum absolute atomic E-state index is 0.363. The van der Waals surface area contributed by atoms with Crippen molar-refractivity contribution in [1.82, 2.24) is 4.98 Å². The molecule has 3 N–H and O–H groups in total. The van der Waals surface area contributed by atoms with E-state index in [2.05, 4.69) is 4.98 Å². The summed E-state index contributed by atoms with van der Waals surface area (Å²) in [4.78, 5) is 4.25. The molecule has 1 heterocycles. The molecular weight excluding hydrogens is 188 g/mol. The van der Waals surface area contributed by atoms with Gasteiger partial charge in [0.05, 0.1) is 17.7 Å². The molecule has 1 aromatic heterocycles. The number of benzene rings is 1. The Bertz CT molecular complexity index is 463. The van der Waals surface area contributed by atoms with Crippen molar-refractivity contribution in [3.63, 3.8) is 0 Å². The molecule has 0 aliphatic carbocycles. The molecule has 1 aromatic carbocycles. The highest BCUT2D eigenvalue weighted by molar-refractivity contribution is 5.82. The van der Waals surface area contributed by atoms with Gasteiger partial charge in [0.25, 0.3) is 0 Å². The zero-order chi connectivity index (χ0) is 10.8. The summed E-state index contributed by atoms with van der Waals surface area (Å²) in [5.41, 5.74) is 7.77. The molecule has 0 spiro atoms. The molecular formula is C12H14N2O. The van der Waals surface area contributed by atoms with Gasteiger partial charge in [-0.05, 0) is 24.6 Å². The number of aromatic nitrogens is 1. The van der Waals surface area contributed by atoms with Crippen LogP contribution in [0.3, 0.4) is 0 Å². The number of hydrogen-bond acceptors (Lipinski definition) is 3. The quantitative estimate of drug-likeness (QED) is 0.778. The largest absolute Gasteiger partial charge is 0.391 e. The normalized spacial score (nSPS) is 15.1. The van der Waals surface area contributed by atoms with Gasteiger partial charge >= 0.3 is 0 Å². The van der Waals surface area contributed by atoms with Crippen molar-refractivity contribution in [3.05, 3.63) is 42.1 Å². The average molecular weight is 202 g/mol. The first-order valence-electron chi connectivity index (χ1n) is 4.97. The summed E-state index contributed by atoms with van der Waals surface area (Å²) in [6.07, 6.45) is 1.16. The molecule has 0 aliphatic heterocycles. The van der Waals surface area contributed by atoms with Crippen LogP contribution in [0.15, 0.2) is 36.5 Å². The Labute approximate surface area is 88.6 Å². The summed E-state index contributed by atoms with van der Waals surface area (Å²) in [7, 11) is 0. The summed E-state index contributed by atoms with van der Waals surface area (Å²) in [5, 5.41) is 10.5. The van der Waals surface area contributed by atoms with Crippen molar-refractivity contribution in [2.45, 2.75) is 19.1 Å². The number of fused-ring (bicyclic) bond motifs is 1. The van der Waals surface area contributed by atoms with Gasteiger partial charge in [0, 0.05) is 11.6 Å². The minimum Gasteiger partial charge on any atom is -0.391 e. The zero-order valence-corrected chi connectivity index (χ0v) is 8.59. The summed E-state index contributed by atoms with van der Waals surface area (Å²) < 4.78 is 0. The second-order valence-corrected chi connectivity index (χ2v) is 3.68. The van der Waals surface area contributed by atoms with Crippen LogP contribution in [-0.2, 0) is 0 Å². The molecule has 78 valence electrons. The molecule has 3 heteroatoms. The van der Waals surface area contributed by atoms with Gasteiger partial charge in [-0.15, -0.1) is 0 Å². The van der Waals surface area contributed by atoms with Crippen LogP contribution in [0.1, 0.15) is 18.5 Å². The van der Waals surface area contributed by atoms with Crippen LogP contribution in [-0.4, -0.2) is 16.2 Å². The number of nitrogens with two attached hydrogens (primary N) is 1. The van der Waals surface area contributed by atoms with E-state index in [0.717, 1.165) is 16.5 Å². The van der Waals surface area contributed by atoms with Gasteiger partial charge in [-0.1, -0.05) is 18.2 Å². The maximum Gasteiger partial charge on any atom is 0.0705 e. The molecule has 2 unspecified atom stereocenters. The lowest BCUT2D eigenvalue weighted by molar-refractivity contribution is 0.165. The smallest absolute Gasteiger partial charge is 0.0705 e. The number of nitrogens with zero attached hydrogens (tertiary/aromatic N) is 1. The standard InChI is InChI=1S/C12H14N2O/c1-8(15)12(13)10-6-7-14-11-5-3-2-4-9(10)11/h2-8,12,15H,13H2,1H3. The SMILES string of the molecule is CC(O)C(N)c1ccnc2ccccc12. The van der Waals surface area contributed by atoms with Crippen molar-refractivity contribution in [3.8, 4) is 0 Å². The van der Waals surface area contributed by atoms with Gasteiger partial charge in [-0.3, -0.25) is 4.98 Å². The number of aliphatic hydroxyl groups excluding tert-OH is 1. The Hall–Kier alpha value is -1.45. The van der Waals surface area contributed by atoms with Gasteiger partial charge in [0.15, 0.2) is 0 Å². The van der Waals surface area contributed by atoms with E-state index in [4.69, 9.17) is 5.73 Å². The summed E-state index contributed by atoms with van der Waals surface area (Å²) in [5.74, 6) is 0. The van der Waals surface area contributed by atoms with E-state index in [1.807, 2.05) is 30.3 Å². The molecule has 0 amide bonds. The molecule has 2 atom stereocenters. The van der Waals surface area contributed by atoms with E-state index in [-0.39, 0.29) is 6.04 Å². The molecule has 0 radical (unpaired) electrons. The number of para-hydroxylation sites is 1. The highest BCUT2D eigenvalue weighted by atomic mass is 16.3. The number of aliphatic hydroxyl groups is 1. The Morgan fingerprint density at radius 2 is 2.00 bits per heavy atom.